The number of aromatic nitrogens is 2. The minimum absolute atomic E-state index is 0.152. The van der Waals surface area contributed by atoms with Gasteiger partial charge in [0.15, 0.2) is 0 Å². The minimum Gasteiger partial charge on any atom is -0.365 e. The topological polar surface area (TPSA) is 75.3 Å². The van der Waals surface area contributed by atoms with Crippen LogP contribution in [0.4, 0.5) is 17.6 Å². The molecule has 0 spiro atoms. The summed E-state index contributed by atoms with van der Waals surface area (Å²) >= 11 is 0. The minimum atomic E-state index is -4.28. The Balaban J connectivity index is 1.92. The number of likely N-dealkylation sites (tertiary alicyclic amines) is 1. The number of nitrogens with one attached hydrogen (secondary N) is 1. The molecule has 1 atom stereocenters. The van der Waals surface area contributed by atoms with Crippen LogP contribution in [0.25, 0.3) is 0 Å². The van der Waals surface area contributed by atoms with Gasteiger partial charge in [0, 0.05) is 25.1 Å². The van der Waals surface area contributed by atoms with Crippen LogP contribution in [0.15, 0.2) is 10.9 Å². The molecular weight excluding hydrogens is 346 g/mol. The smallest absolute Gasteiger partial charge is 0.330 e. The van der Waals surface area contributed by atoms with Gasteiger partial charge in [0.05, 0.1) is 5.69 Å². The van der Waals surface area contributed by atoms with Crippen LogP contribution in [-0.4, -0.2) is 59.4 Å². The maximum Gasteiger partial charge on any atom is 0.330 e. The first-order chi connectivity index (χ1) is 11.7. The molecular formula is C15H19F4N3O3. The quantitative estimate of drug-likeness (QED) is 0.779. The predicted octanol–water partition coefficient (Wildman–Crippen LogP) is 1.70. The molecule has 1 fully saturated rings. The number of carbonyl (C=O) groups excluding carboxylic acids is 1. The van der Waals surface area contributed by atoms with E-state index in [1.165, 1.54) is 11.0 Å². The molecule has 25 heavy (non-hydrogen) atoms. The van der Waals surface area contributed by atoms with Gasteiger partial charge >= 0.3 is 12.3 Å². The predicted molar refractivity (Wildman–Crippen MR) is 79.9 cm³/mol. The van der Waals surface area contributed by atoms with Crippen LogP contribution in [0.2, 0.25) is 0 Å². The lowest BCUT2D eigenvalue weighted by atomic mass is 9.94. The Morgan fingerprint density at radius 2 is 2.24 bits per heavy atom. The van der Waals surface area contributed by atoms with E-state index in [-0.39, 0.29) is 18.0 Å². The normalized spacial score (nSPS) is 18.6. The number of rotatable bonds is 6. The fourth-order valence-electron chi connectivity index (χ4n) is 2.69. The average molecular weight is 365 g/mol. The summed E-state index contributed by atoms with van der Waals surface area (Å²) in [5.41, 5.74) is 0.271. The second-order valence-corrected chi connectivity index (χ2v) is 5.99. The average Bonchev–Trinajstić information content (AvgIpc) is 2.53. The summed E-state index contributed by atoms with van der Waals surface area (Å²) in [5.74, 6) is -4.53. The molecule has 10 heteroatoms. The molecule has 0 bridgehead atoms. The third-order valence-corrected chi connectivity index (χ3v) is 3.91. The number of hydrogen-bond donors (Lipinski definition) is 1. The van der Waals surface area contributed by atoms with Crippen molar-refractivity contribution < 1.29 is 27.1 Å². The van der Waals surface area contributed by atoms with Crippen molar-refractivity contribution in [3.63, 3.8) is 0 Å². The molecule has 1 aliphatic rings. The molecule has 0 radical (unpaired) electrons. The highest BCUT2D eigenvalue weighted by Crippen LogP contribution is 2.25. The number of nitrogens with zero attached hydrogens (tertiary/aromatic N) is 2. The van der Waals surface area contributed by atoms with Crippen molar-refractivity contribution in [3.05, 3.63) is 27.9 Å². The molecule has 0 aromatic carbocycles. The third kappa shape index (κ3) is 5.25. The van der Waals surface area contributed by atoms with E-state index in [1.54, 1.807) is 6.92 Å². The second-order valence-electron chi connectivity index (χ2n) is 5.99. The van der Waals surface area contributed by atoms with Gasteiger partial charge in [0.25, 0.3) is 5.56 Å². The number of hydrogen-bond acceptors (Lipinski definition) is 4. The Hall–Kier alpha value is -1.97. The van der Waals surface area contributed by atoms with E-state index in [4.69, 9.17) is 0 Å². The molecule has 2 heterocycles. The summed E-state index contributed by atoms with van der Waals surface area (Å²) < 4.78 is 54.0. The number of ether oxygens (including phenoxy) is 1. The SMILES string of the molecule is Cc1nc([C@@H]2CCCN(C(=O)COCC(F)(F)C(F)F)C2)cc(=O)[nH]1. The number of alkyl halides is 4. The zero-order valence-electron chi connectivity index (χ0n) is 13.6. The Bertz CT molecular complexity index is 666. The molecule has 140 valence electrons. The molecule has 1 aromatic rings. The van der Waals surface area contributed by atoms with Crippen molar-refractivity contribution in [1.29, 1.82) is 0 Å². The second kappa shape index (κ2) is 7.94. The molecule has 1 aliphatic heterocycles. The van der Waals surface area contributed by atoms with Gasteiger partial charge in [0.2, 0.25) is 5.91 Å². The number of piperidine rings is 1. The maximum atomic E-state index is 12.8. The van der Waals surface area contributed by atoms with Crippen LogP contribution >= 0.6 is 0 Å². The first kappa shape index (κ1) is 19.4. The fourth-order valence-corrected chi connectivity index (χ4v) is 2.69. The van der Waals surface area contributed by atoms with Gasteiger partial charge in [-0.3, -0.25) is 9.59 Å². The van der Waals surface area contributed by atoms with Gasteiger partial charge < -0.3 is 14.6 Å². The van der Waals surface area contributed by atoms with Crippen molar-refractivity contribution in [1.82, 2.24) is 14.9 Å². The van der Waals surface area contributed by atoms with E-state index in [0.717, 1.165) is 6.42 Å². The van der Waals surface area contributed by atoms with E-state index in [2.05, 4.69) is 14.7 Å². The molecule has 6 nitrogen and oxygen atoms in total. The molecule has 2 rings (SSSR count). The highest BCUT2D eigenvalue weighted by atomic mass is 19.3. The van der Waals surface area contributed by atoms with Gasteiger partial charge in [-0.05, 0) is 19.8 Å². The van der Waals surface area contributed by atoms with Crippen molar-refractivity contribution in [2.75, 3.05) is 26.3 Å². The van der Waals surface area contributed by atoms with Crippen LogP contribution in [0.1, 0.15) is 30.3 Å². The molecule has 1 aromatic heterocycles. The van der Waals surface area contributed by atoms with Crippen molar-refractivity contribution in [2.45, 2.75) is 38.0 Å². The molecule has 0 aliphatic carbocycles. The molecule has 1 saturated heterocycles. The lowest BCUT2D eigenvalue weighted by molar-refractivity contribution is -0.171. The lowest BCUT2D eigenvalue weighted by Crippen LogP contribution is -2.42. The highest BCUT2D eigenvalue weighted by molar-refractivity contribution is 5.77. The van der Waals surface area contributed by atoms with Gasteiger partial charge in [0.1, 0.15) is 19.0 Å². The van der Waals surface area contributed by atoms with Crippen molar-refractivity contribution in [3.8, 4) is 0 Å². The Morgan fingerprint density at radius 1 is 1.52 bits per heavy atom. The summed E-state index contributed by atoms with van der Waals surface area (Å²) in [5, 5.41) is 0. The zero-order valence-corrected chi connectivity index (χ0v) is 13.6. The first-order valence-electron chi connectivity index (χ1n) is 7.78. The fraction of sp³-hybridized carbons (Fsp3) is 0.667. The van der Waals surface area contributed by atoms with Gasteiger partial charge in [-0.2, -0.15) is 8.78 Å². The summed E-state index contributed by atoms with van der Waals surface area (Å²) in [6, 6.07) is 1.37. The maximum absolute atomic E-state index is 12.8. The summed E-state index contributed by atoms with van der Waals surface area (Å²) in [7, 11) is 0. The Labute approximate surface area is 141 Å². The van der Waals surface area contributed by atoms with Gasteiger partial charge in [-0.1, -0.05) is 0 Å². The number of halogens is 4. The standard InChI is InChI=1S/C15H19F4N3O3/c1-9-20-11(5-12(23)21-9)10-3-2-4-22(6-10)13(24)7-25-8-15(18,19)14(16)17/h5,10,14H,2-4,6-8H2,1H3,(H,20,21,23)/t10-/m1/s1. The van der Waals surface area contributed by atoms with Crippen molar-refractivity contribution >= 4 is 5.91 Å². The molecule has 0 unspecified atom stereocenters. The van der Waals surface area contributed by atoms with Crippen LogP contribution in [0.3, 0.4) is 0 Å². The third-order valence-electron chi connectivity index (χ3n) is 3.91. The highest BCUT2D eigenvalue weighted by Gasteiger charge is 2.41. The van der Waals surface area contributed by atoms with Gasteiger partial charge in [-0.15, -0.1) is 0 Å². The lowest BCUT2D eigenvalue weighted by Gasteiger charge is -2.32. The van der Waals surface area contributed by atoms with Crippen molar-refractivity contribution in [2.24, 2.45) is 0 Å². The number of H-pyrrole nitrogens is 1. The molecule has 0 saturated carbocycles. The number of amides is 1. The summed E-state index contributed by atoms with van der Waals surface area (Å²) in [4.78, 5) is 31.8. The Morgan fingerprint density at radius 3 is 2.88 bits per heavy atom. The van der Waals surface area contributed by atoms with Crippen LogP contribution in [0.5, 0.6) is 0 Å². The van der Waals surface area contributed by atoms with E-state index in [0.29, 0.717) is 24.5 Å². The Kier molecular flexibility index (Phi) is 6.15. The number of carbonyl (C=O) groups is 1. The van der Waals surface area contributed by atoms with Crippen LogP contribution in [-0.2, 0) is 9.53 Å². The molecule has 1 amide bonds. The molecule has 1 N–H and O–H groups in total. The van der Waals surface area contributed by atoms with E-state index in [9.17, 15) is 27.2 Å². The van der Waals surface area contributed by atoms with E-state index in [1.807, 2.05) is 0 Å². The largest absolute Gasteiger partial charge is 0.365 e. The first-order valence-corrected chi connectivity index (χ1v) is 7.78. The van der Waals surface area contributed by atoms with Crippen LogP contribution < -0.4 is 5.56 Å². The van der Waals surface area contributed by atoms with Gasteiger partial charge in [-0.25, -0.2) is 13.8 Å². The monoisotopic (exact) mass is 365 g/mol. The number of aryl methyl sites for hydroxylation is 1. The van der Waals surface area contributed by atoms with Crippen LogP contribution in [0, 0.1) is 6.92 Å². The summed E-state index contributed by atoms with van der Waals surface area (Å²) in [6.45, 7) is 0.114. The summed E-state index contributed by atoms with van der Waals surface area (Å²) in [6.07, 6.45) is -2.46. The zero-order chi connectivity index (χ0) is 18.6. The number of aromatic amines is 1. The van der Waals surface area contributed by atoms with E-state index >= 15 is 0 Å². The van der Waals surface area contributed by atoms with E-state index < -0.39 is 31.5 Å².